The van der Waals surface area contributed by atoms with E-state index < -0.39 is 5.97 Å². The molecule has 1 aromatic rings. The Morgan fingerprint density at radius 1 is 1.32 bits per heavy atom. The van der Waals surface area contributed by atoms with Crippen LogP contribution in [0.5, 0.6) is 0 Å². The summed E-state index contributed by atoms with van der Waals surface area (Å²) >= 11 is 3.36. The minimum Gasteiger partial charge on any atom is -0.461 e. The summed E-state index contributed by atoms with van der Waals surface area (Å²) < 4.78 is 11.3. The molecule has 8 heteroatoms. The molecule has 140 valence electrons. The lowest BCUT2D eigenvalue weighted by molar-refractivity contribution is 0.0519. The zero-order chi connectivity index (χ0) is 18.4. The van der Waals surface area contributed by atoms with Crippen LogP contribution in [0.4, 0.5) is 5.82 Å². The molecule has 2 fully saturated rings. The molecule has 0 bridgehead atoms. The maximum absolute atomic E-state index is 12.2. The van der Waals surface area contributed by atoms with E-state index in [2.05, 4.69) is 36.5 Å². The molecule has 3 heterocycles. The van der Waals surface area contributed by atoms with Crippen molar-refractivity contribution >= 4 is 27.7 Å². The third-order valence-electron chi connectivity index (χ3n) is 4.77. The maximum Gasteiger partial charge on any atom is 0.360 e. The Morgan fingerprint density at radius 3 is 2.56 bits per heavy atom. The normalized spacial score (nSPS) is 18.7. The average Bonchev–Trinajstić information content (AvgIpc) is 3.08. The molecule has 0 aromatic carbocycles. The molecule has 0 unspecified atom stereocenters. The average molecular weight is 415 g/mol. The van der Waals surface area contributed by atoms with Gasteiger partial charge in [0, 0.05) is 19.7 Å². The van der Waals surface area contributed by atoms with Gasteiger partial charge in [-0.05, 0) is 61.5 Å². The molecule has 7 nitrogen and oxygen atoms in total. The smallest absolute Gasteiger partial charge is 0.360 e. The Bertz CT molecular complexity index is 596. The summed E-state index contributed by atoms with van der Waals surface area (Å²) in [6, 6.07) is 0. The largest absolute Gasteiger partial charge is 0.461 e. The molecule has 0 amide bonds. The third kappa shape index (κ3) is 4.48. The van der Waals surface area contributed by atoms with Gasteiger partial charge in [0.15, 0.2) is 11.5 Å². The van der Waals surface area contributed by atoms with Crippen LogP contribution < -0.4 is 10.6 Å². The van der Waals surface area contributed by atoms with E-state index in [1.807, 2.05) is 6.92 Å². The van der Waals surface area contributed by atoms with E-state index in [9.17, 15) is 4.79 Å². The fraction of sp³-hybridized carbons (Fsp3) is 0.706. The highest BCUT2D eigenvalue weighted by molar-refractivity contribution is 9.10. The number of carbonyl (C=O) groups is 1. The monoisotopic (exact) mass is 414 g/mol. The van der Waals surface area contributed by atoms with Gasteiger partial charge < -0.3 is 20.1 Å². The van der Waals surface area contributed by atoms with Crippen molar-refractivity contribution in [2.24, 2.45) is 11.1 Å². The van der Waals surface area contributed by atoms with Gasteiger partial charge >= 0.3 is 5.97 Å². The van der Waals surface area contributed by atoms with Gasteiger partial charge in [-0.15, -0.1) is 0 Å². The standard InChI is InChI=1S/C16H22BrN3O3.CH5N/c1-3-23-15(21)12-14(18-11(2)13(17)19-12)20-7-4-16(5-8-20)6-9-22-10-16;1-2/h3-10H2,1-2H3;2H2,1H3. The van der Waals surface area contributed by atoms with Gasteiger partial charge in [-0.1, -0.05) is 0 Å². The zero-order valence-corrected chi connectivity index (χ0v) is 16.8. The second kappa shape index (κ2) is 8.91. The van der Waals surface area contributed by atoms with Crippen molar-refractivity contribution in [2.75, 3.05) is 44.9 Å². The van der Waals surface area contributed by atoms with E-state index in [1.54, 1.807) is 6.92 Å². The van der Waals surface area contributed by atoms with Gasteiger partial charge in [0.1, 0.15) is 4.60 Å². The van der Waals surface area contributed by atoms with Gasteiger partial charge in [-0.25, -0.2) is 14.8 Å². The van der Waals surface area contributed by atoms with Crippen molar-refractivity contribution < 1.29 is 14.3 Å². The second-order valence-electron chi connectivity index (χ2n) is 6.28. The summed E-state index contributed by atoms with van der Waals surface area (Å²) in [5, 5.41) is 0. The Morgan fingerprint density at radius 2 is 2.00 bits per heavy atom. The molecule has 2 aliphatic heterocycles. The first kappa shape index (κ1) is 20.1. The predicted octanol–water partition coefficient (Wildman–Crippen LogP) is 2.31. The Balaban J connectivity index is 0.00000109. The lowest BCUT2D eigenvalue weighted by atomic mass is 9.78. The van der Waals surface area contributed by atoms with Gasteiger partial charge in [0.05, 0.1) is 18.9 Å². The Kier molecular flexibility index (Phi) is 7.15. The summed E-state index contributed by atoms with van der Waals surface area (Å²) in [7, 11) is 1.50. The van der Waals surface area contributed by atoms with Crippen molar-refractivity contribution in [3.63, 3.8) is 0 Å². The number of aryl methyl sites for hydroxylation is 1. The lowest BCUT2D eigenvalue weighted by Gasteiger charge is -2.39. The molecule has 0 radical (unpaired) electrons. The highest BCUT2D eigenvalue weighted by atomic mass is 79.9. The maximum atomic E-state index is 12.2. The van der Waals surface area contributed by atoms with Gasteiger partial charge in [-0.3, -0.25) is 0 Å². The number of anilines is 1. The molecule has 2 aliphatic rings. The van der Waals surface area contributed by atoms with Crippen molar-refractivity contribution in [1.29, 1.82) is 0 Å². The molecule has 25 heavy (non-hydrogen) atoms. The van der Waals surface area contributed by atoms with E-state index in [0.717, 1.165) is 51.3 Å². The highest BCUT2D eigenvalue weighted by Crippen LogP contribution is 2.40. The van der Waals surface area contributed by atoms with Crippen molar-refractivity contribution in [3.8, 4) is 0 Å². The van der Waals surface area contributed by atoms with E-state index in [1.165, 1.54) is 7.05 Å². The molecule has 0 saturated carbocycles. The first-order valence-electron chi connectivity index (χ1n) is 8.66. The van der Waals surface area contributed by atoms with Gasteiger partial charge in [-0.2, -0.15) is 0 Å². The Labute approximate surface area is 157 Å². The van der Waals surface area contributed by atoms with Crippen LogP contribution in [-0.4, -0.2) is 55.9 Å². The topological polar surface area (TPSA) is 90.6 Å². The lowest BCUT2D eigenvalue weighted by Crippen LogP contribution is -2.41. The molecular weight excluding hydrogens is 388 g/mol. The van der Waals surface area contributed by atoms with Crippen LogP contribution in [0.2, 0.25) is 0 Å². The first-order valence-corrected chi connectivity index (χ1v) is 9.46. The summed E-state index contributed by atoms with van der Waals surface area (Å²) in [5.41, 5.74) is 5.89. The van der Waals surface area contributed by atoms with E-state index in [0.29, 0.717) is 28.1 Å². The van der Waals surface area contributed by atoms with Crippen LogP contribution in [0.25, 0.3) is 0 Å². The summed E-state index contributed by atoms with van der Waals surface area (Å²) in [6.07, 6.45) is 3.26. The van der Waals surface area contributed by atoms with Crippen LogP contribution in [0.3, 0.4) is 0 Å². The third-order valence-corrected chi connectivity index (χ3v) is 5.52. The number of aromatic nitrogens is 2. The molecule has 0 atom stereocenters. The molecule has 2 saturated heterocycles. The van der Waals surface area contributed by atoms with Crippen LogP contribution in [0.15, 0.2) is 4.60 Å². The van der Waals surface area contributed by atoms with E-state index >= 15 is 0 Å². The SMILES string of the molecule is CCOC(=O)c1nc(Br)c(C)nc1N1CCC2(CCOC2)CC1.CN. The number of carbonyl (C=O) groups excluding carboxylic acids is 1. The quantitative estimate of drug-likeness (QED) is 0.758. The Hall–Kier alpha value is -1.25. The molecule has 1 spiro atoms. The fourth-order valence-corrected chi connectivity index (χ4v) is 3.55. The highest BCUT2D eigenvalue weighted by Gasteiger charge is 2.39. The van der Waals surface area contributed by atoms with Crippen LogP contribution in [-0.2, 0) is 9.47 Å². The fourth-order valence-electron chi connectivity index (χ4n) is 3.28. The molecule has 0 aliphatic carbocycles. The number of rotatable bonds is 3. The van der Waals surface area contributed by atoms with E-state index in [4.69, 9.17) is 9.47 Å². The number of hydrogen-bond acceptors (Lipinski definition) is 7. The number of nitrogens with two attached hydrogens (primary N) is 1. The zero-order valence-electron chi connectivity index (χ0n) is 15.2. The van der Waals surface area contributed by atoms with Crippen LogP contribution in [0, 0.1) is 12.3 Å². The number of nitrogens with zero attached hydrogens (tertiary/aromatic N) is 3. The van der Waals surface area contributed by atoms with Gasteiger partial charge in [0.2, 0.25) is 0 Å². The van der Waals surface area contributed by atoms with Gasteiger partial charge in [0.25, 0.3) is 0 Å². The summed E-state index contributed by atoms with van der Waals surface area (Å²) in [4.78, 5) is 23.4. The number of hydrogen-bond donors (Lipinski definition) is 1. The number of esters is 1. The number of ether oxygens (including phenoxy) is 2. The molecule has 2 N–H and O–H groups in total. The van der Waals surface area contributed by atoms with Crippen molar-refractivity contribution in [3.05, 3.63) is 16.0 Å². The molecular formula is C17H27BrN4O3. The van der Waals surface area contributed by atoms with E-state index in [-0.39, 0.29) is 0 Å². The second-order valence-corrected chi connectivity index (χ2v) is 7.03. The van der Waals surface area contributed by atoms with Crippen molar-refractivity contribution in [1.82, 2.24) is 9.97 Å². The molecule has 1 aromatic heterocycles. The predicted molar refractivity (Wildman–Crippen MR) is 99.9 cm³/mol. The molecule has 3 rings (SSSR count). The number of piperidine rings is 1. The summed E-state index contributed by atoms with van der Waals surface area (Å²) in [5.74, 6) is 0.220. The minimum atomic E-state index is -0.416. The van der Waals surface area contributed by atoms with Crippen LogP contribution >= 0.6 is 15.9 Å². The summed E-state index contributed by atoms with van der Waals surface area (Å²) in [6.45, 7) is 7.45. The van der Waals surface area contributed by atoms with Crippen molar-refractivity contribution in [2.45, 2.75) is 33.1 Å². The first-order chi connectivity index (χ1) is 12.0. The minimum absolute atomic E-state index is 0.294. The van der Waals surface area contributed by atoms with Crippen LogP contribution in [0.1, 0.15) is 42.4 Å². The number of halogens is 1.